The monoisotopic (exact) mass is 429 g/mol. The predicted molar refractivity (Wildman–Crippen MR) is 107 cm³/mol. The van der Waals surface area contributed by atoms with E-state index in [1.54, 1.807) is 18.2 Å². The molecule has 1 aliphatic heterocycles. The minimum absolute atomic E-state index is 0.305. The summed E-state index contributed by atoms with van der Waals surface area (Å²) in [6.45, 7) is 5.79. The number of benzene rings is 2. The van der Waals surface area contributed by atoms with E-state index in [0.717, 1.165) is 10.0 Å². The van der Waals surface area contributed by atoms with Crippen LogP contribution in [0.15, 0.2) is 46.9 Å². The van der Waals surface area contributed by atoms with Crippen molar-refractivity contribution in [1.29, 1.82) is 0 Å². The van der Waals surface area contributed by atoms with Crippen LogP contribution in [-0.2, 0) is 6.54 Å². The quantitative estimate of drug-likeness (QED) is 0.718. The van der Waals surface area contributed by atoms with E-state index in [2.05, 4.69) is 26.6 Å². The first-order valence-corrected chi connectivity index (χ1v) is 9.28. The van der Waals surface area contributed by atoms with E-state index < -0.39 is 5.54 Å². The lowest BCUT2D eigenvalue weighted by Crippen LogP contribution is -2.45. The molecule has 4 amide bonds. The first-order valence-electron chi connectivity index (χ1n) is 8.49. The topological polar surface area (TPSA) is 78.5 Å². The van der Waals surface area contributed by atoms with Crippen molar-refractivity contribution in [3.63, 3.8) is 0 Å². The van der Waals surface area contributed by atoms with Crippen molar-refractivity contribution >= 4 is 39.5 Å². The van der Waals surface area contributed by atoms with Gasteiger partial charge in [0.05, 0.1) is 11.1 Å². The molecule has 2 N–H and O–H groups in total. The molecule has 0 atom stereocenters. The molecule has 0 bridgehead atoms. The van der Waals surface area contributed by atoms with Gasteiger partial charge in [-0.15, -0.1) is 0 Å². The van der Waals surface area contributed by atoms with Crippen molar-refractivity contribution < 1.29 is 14.4 Å². The van der Waals surface area contributed by atoms with Crippen LogP contribution in [-0.4, -0.2) is 28.3 Å². The van der Waals surface area contributed by atoms with E-state index in [0.29, 0.717) is 23.4 Å². The Morgan fingerprint density at radius 3 is 2.41 bits per heavy atom. The summed E-state index contributed by atoms with van der Waals surface area (Å²) in [7, 11) is 0. The molecular weight excluding hydrogens is 410 g/mol. The van der Waals surface area contributed by atoms with Gasteiger partial charge in [-0.1, -0.05) is 28.1 Å². The van der Waals surface area contributed by atoms with Crippen molar-refractivity contribution in [2.24, 2.45) is 0 Å². The van der Waals surface area contributed by atoms with E-state index in [4.69, 9.17) is 0 Å². The number of fused-ring (bicyclic) bond motifs is 1. The average molecular weight is 430 g/mol. The lowest BCUT2D eigenvalue weighted by molar-refractivity contribution is 0.0507. The molecule has 1 aliphatic rings. The van der Waals surface area contributed by atoms with Gasteiger partial charge >= 0.3 is 6.03 Å². The molecular formula is C20H20BrN3O3. The van der Waals surface area contributed by atoms with Gasteiger partial charge in [-0.2, -0.15) is 0 Å². The lowest BCUT2D eigenvalue weighted by Gasteiger charge is -2.29. The molecule has 0 unspecified atom stereocenters. The van der Waals surface area contributed by atoms with Crippen LogP contribution in [0.2, 0.25) is 0 Å². The molecule has 3 rings (SSSR count). The third kappa shape index (κ3) is 4.03. The zero-order valence-corrected chi connectivity index (χ0v) is 16.9. The van der Waals surface area contributed by atoms with Gasteiger partial charge in [0.25, 0.3) is 11.8 Å². The minimum atomic E-state index is -0.609. The van der Waals surface area contributed by atoms with Crippen LogP contribution >= 0.6 is 15.9 Å². The number of carbonyl (C=O) groups excluding carboxylic acids is 3. The average Bonchev–Trinajstić information content (AvgIpc) is 2.83. The molecule has 0 fully saturated rings. The molecule has 6 nitrogen and oxygen atoms in total. The van der Waals surface area contributed by atoms with E-state index in [1.807, 2.05) is 45.0 Å². The second kappa shape index (κ2) is 7.15. The number of hydrogen-bond donors (Lipinski definition) is 2. The van der Waals surface area contributed by atoms with Crippen LogP contribution in [0.3, 0.4) is 0 Å². The van der Waals surface area contributed by atoms with Gasteiger partial charge in [0, 0.05) is 22.2 Å². The largest absolute Gasteiger partial charge is 0.334 e. The maximum atomic E-state index is 12.6. The van der Waals surface area contributed by atoms with Gasteiger partial charge in [0.2, 0.25) is 0 Å². The number of rotatable bonds is 3. The van der Waals surface area contributed by atoms with Crippen LogP contribution in [0.25, 0.3) is 0 Å². The summed E-state index contributed by atoms with van der Waals surface area (Å²) < 4.78 is 0.937. The van der Waals surface area contributed by atoms with Crippen LogP contribution in [0, 0.1) is 0 Å². The standard InChI is InChI=1S/C20H20BrN3O3/c1-20(2,3)24-17(25)15-8-7-14(10-16(15)18(24)26)23-19(27)22-11-12-5-4-6-13(21)9-12/h4-10H,11H2,1-3H3,(H2,22,23,27). The third-order valence-corrected chi connectivity index (χ3v) is 4.65. The van der Waals surface area contributed by atoms with Crippen molar-refractivity contribution in [1.82, 2.24) is 10.2 Å². The Balaban J connectivity index is 1.70. The fraction of sp³-hybridized carbons (Fsp3) is 0.250. The number of halogens is 1. The number of urea groups is 1. The van der Waals surface area contributed by atoms with Gasteiger partial charge in [0.15, 0.2) is 0 Å². The van der Waals surface area contributed by atoms with E-state index >= 15 is 0 Å². The maximum Gasteiger partial charge on any atom is 0.319 e. The van der Waals surface area contributed by atoms with Gasteiger partial charge in [0.1, 0.15) is 0 Å². The Morgan fingerprint density at radius 2 is 1.74 bits per heavy atom. The number of nitrogens with zero attached hydrogens (tertiary/aromatic N) is 1. The lowest BCUT2D eigenvalue weighted by atomic mass is 10.1. The summed E-state index contributed by atoms with van der Waals surface area (Å²) in [6.07, 6.45) is 0. The maximum absolute atomic E-state index is 12.6. The summed E-state index contributed by atoms with van der Waals surface area (Å²) in [4.78, 5) is 38.5. The smallest absolute Gasteiger partial charge is 0.319 e. The fourth-order valence-corrected chi connectivity index (χ4v) is 3.38. The van der Waals surface area contributed by atoms with Gasteiger partial charge in [-0.05, 0) is 56.7 Å². The van der Waals surface area contributed by atoms with Crippen LogP contribution in [0.5, 0.6) is 0 Å². The normalized spacial score (nSPS) is 13.6. The summed E-state index contributed by atoms with van der Waals surface area (Å²) >= 11 is 3.39. The van der Waals surface area contributed by atoms with Crippen LogP contribution in [0.1, 0.15) is 47.1 Å². The molecule has 140 valence electrons. The molecule has 0 saturated heterocycles. The van der Waals surface area contributed by atoms with Gasteiger partial charge < -0.3 is 10.6 Å². The highest BCUT2D eigenvalue weighted by atomic mass is 79.9. The molecule has 27 heavy (non-hydrogen) atoms. The highest BCUT2D eigenvalue weighted by molar-refractivity contribution is 9.10. The molecule has 1 heterocycles. The van der Waals surface area contributed by atoms with E-state index in [-0.39, 0.29) is 17.8 Å². The van der Waals surface area contributed by atoms with Crippen LogP contribution in [0.4, 0.5) is 10.5 Å². The number of nitrogens with one attached hydrogen (secondary N) is 2. The van der Waals surface area contributed by atoms with Crippen molar-refractivity contribution in [3.05, 3.63) is 63.6 Å². The van der Waals surface area contributed by atoms with Crippen molar-refractivity contribution in [2.45, 2.75) is 32.9 Å². The van der Waals surface area contributed by atoms with E-state index in [9.17, 15) is 14.4 Å². The number of imide groups is 1. The van der Waals surface area contributed by atoms with E-state index in [1.165, 1.54) is 4.90 Å². The van der Waals surface area contributed by atoms with Crippen molar-refractivity contribution in [2.75, 3.05) is 5.32 Å². The minimum Gasteiger partial charge on any atom is -0.334 e. The molecule has 0 saturated carbocycles. The zero-order chi connectivity index (χ0) is 19.8. The molecule has 7 heteroatoms. The number of hydrogen-bond acceptors (Lipinski definition) is 3. The first-order chi connectivity index (χ1) is 12.7. The second-order valence-corrected chi connectivity index (χ2v) is 8.23. The number of carbonyl (C=O) groups is 3. The molecule has 0 radical (unpaired) electrons. The van der Waals surface area contributed by atoms with Gasteiger partial charge in [-0.3, -0.25) is 14.5 Å². The van der Waals surface area contributed by atoms with Gasteiger partial charge in [-0.25, -0.2) is 4.79 Å². The van der Waals surface area contributed by atoms with Crippen LogP contribution < -0.4 is 10.6 Å². The Hall–Kier alpha value is -2.67. The SMILES string of the molecule is CC(C)(C)N1C(=O)c2ccc(NC(=O)NCc3cccc(Br)c3)cc2C1=O. The molecule has 0 aliphatic carbocycles. The third-order valence-electron chi connectivity index (χ3n) is 4.16. The fourth-order valence-electron chi connectivity index (χ4n) is 2.93. The summed E-state index contributed by atoms with van der Waals surface area (Å²) in [5.74, 6) is -0.658. The Labute approximate surface area is 166 Å². The van der Waals surface area contributed by atoms with Crippen molar-refractivity contribution in [3.8, 4) is 0 Å². The Morgan fingerprint density at radius 1 is 1.04 bits per heavy atom. The molecule has 0 aromatic heterocycles. The Bertz CT molecular complexity index is 934. The number of amides is 4. The predicted octanol–water partition coefficient (Wildman–Crippen LogP) is 4.17. The Kier molecular flexibility index (Phi) is 5.06. The zero-order valence-electron chi connectivity index (χ0n) is 15.3. The molecule has 0 spiro atoms. The molecule has 2 aromatic carbocycles. The summed E-state index contributed by atoms with van der Waals surface area (Å²) in [6, 6.07) is 12.0. The molecule has 2 aromatic rings. The summed E-state index contributed by atoms with van der Waals surface area (Å²) in [5.41, 5.74) is 1.46. The highest BCUT2D eigenvalue weighted by Crippen LogP contribution is 2.30. The second-order valence-electron chi connectivity index (χ2n) is 7.31. The summed E-state index contributed by atoms with van der Waals surface area (Å²) in [5, 5.41) is 5.46. The number of anilines is 1. The first kappa shape index (κ1) is 19.1. The highest BCUT2D eigenvalue weighted by Gasteiger charge is 2.41.